The summed E-state index contributed by atoms with van der Waals surface area (Å²) in [6, 6.07) is 8.70. The van der Waals surface area contributed by atoms with Gasteiger partial charge in [-0.3, -0.25) is 20.2 Å². The predicted octanol–water partition coefficient (Wildman–Crippen LogP) is 2.26. The van der Waals surface area contributed by atoms with Crippen LogP contribution < -0.4 is 19.6 Å². The molecule has 2 aromatic rings. The Hall–Kier alpha value is -3.37. The van der Waals surface area contributed by atoms with Crippen molar-refractivity contribution in [3.8, 4) is 11.5 Å². The first-order valence-electron chi connectivity index (χ1n) is 8.55. The maximum Gasteiger partial charge on any atom is 0.339 e. The third kappa shape index (κ3) is 4.78. The van der Waals surface area contributed by atoms with Gasteiger partial charge in [0.1, 0.15) is 10.5 Å². The minimum Gasteiger partial charge on any atom is -0.490 e. The maximum atomic E-state index is 12.5. The molecule has 156 valence electrons. The molecule has 9 nitrogen and oxygen atoms in total. The molecule has 1 aliphatic heterocycles. The molecule has 1 saturated heterocycles. The molecule has 0 unspecified atom stereocenters. The zero-order chi connectivity index (χ0) is 21.9. The number of carbonyl (C=O) groups excluding carboxylic acids is 3. The van der Waals surface area contributed by atoms with E-state index < -0.39 is 28.0 Å². The molecule has 0 saturated carbocycles. The number of urea groups is 1. The van der Waals surface area contributed by atoms with Gasteiger partial charge in [0.2, 0.25) is 0 Å². The molecule has 4 amide bonds. The van der Waals surface area contributed by atoms with Gasteiger partial charge in [0.15, 0.2) is 11.5 Å². The lowest BCUT2D eigenvalue weighted by Crippen LogP contribution is -2.51. The van der Waals surface area contributed by atoms with Crippen LogP contribution >= 0.6 is 11.6 Å². The molecule has 0 aromatic heterocycles. The Bertz CT molecular complexity index is 1140. The van der Waals surface area contributed by atoms with E-state index in [1.54, 1.807) is 6.92 Å². The number of nitrogens with one attached hydrogen (secondary N) is 2. The van der Waals surface area contributed by atoms with Gasteiger partial charge in [0.25, 0.3) is 11.8 Å². The Kier molecular flexibility index (Phi) is 6.09. The molecule has 1 fully saturated rings. The van der Waals surface area contributed by atoms with Crippen molar-refractivity contribution < 1.29 is 31.7 Å². The second kappa shape index (κ2) is 8.56. The number of carbonyl (C=O) groups is 3. The second-order valence-corrected chi connectivity index (χ2v) is 7.91. The number of imide groups is 2. The van der Waals surface area contributed by atoms with Crippen LogP contribution in [0.3, 0.4) is 0 Å². The Morgan fingerprint density at radius 3 is 2.20 bits per heavy atom. The van der Waals surface area contributed by atoms with Crippen molar-refractivity contribution in [1.82, 2.24) is 10.6 Å². The highest BCUT2D eigenvalue weighted by Gasteiger charge is 2.28. The number of hydrogen-bond acceptors (Lipinski definition) is 7. The summed E-state index contributed by atoms with van der Waals surface area (Å²) < 4.78 is 35.7. The number of halogens is 1. The third-order valence-corrected chi connectivity index (χ3v) is 5.32. The van der Waals surface area contributed by atoms with Crippen LogP contribution in [0.15, 0.2) is 52.9 Å². The number of rotatable bonds is 6. The number of benzene rings is 2. The van der Waals surface area contributed by atoms with Crippen molar-refractivity contribution in [3.63, 3.8) is 0 Å². The van der Waals surface area contributed by atoms with Gasteiger partial charge in [0, 0.05) is 5.02 Å². The monoisotopic (exact) mass is 450 g/mol. The second-order valence-electron chi connectivity index (χ2n) is 5.93. The Labute approximate surface area is 176 Å². The van der Waals surface area contributed by atoms with E-state index in [0.29, 0.717) is 10.6 Å². The molecule has 30 heavy (non-hydrogen) atoms. The van der Waals surface area contributed by atoms with Gasteiger partial charge >= 0.3 is 16.1 Å². The molecular formula is C19H15ClN2O7S. The van der Waals surface area contributed by atoms with E-state index in [2.05, 4.69) is 0 Å². The summed E-state index contributed by atoms with van der Waals surface area (Å²) in [6.45, 7) is 1.89. The number of hydrogen-bond donors (Lipinski definition) is 2. The first-order valence-corrected chi connectivity index (χ1v) is 10.3. The summed E-state index contributed by atoms with van der Waals surface area (Å²) >= 11 is 5.78. The van der Waals surface area contributed by atoms with Gasteiger partial charge in [-0.2, -0.15) is 8.42 Å². The number of amides is 4. The Balaban J connectivity index is 1.93. The zero-order valence-corrected chi connectivity index (χ0v) is 17.0. The van der Waals surface area contributed by atoms with E-state index in [-0.39, 0.29) is 28.6 Å². The molecule has 0 aliphatic carbocycles. The molecule has 3 rings (SSSR count). The lowest BCUT2D eigenvalue weighted by atomic mass is 10.1. The lowest BCUT2D eigenvalue weighted by molar-refractivity contribution is -0.123. The Morgan fingerprint density at radius 2 is 1.60 bits per heavy atom. The summed E-state index contributed by atoms with van der Waals surface area (Å²) in [6.07, 6.45) is 1.23. The molecule has 11 heteroatoms. The van der Waals surface area contributed by atoms with Crippen molar-refractivity contribution >= 4 is 45.6 Å². The first-order chi connectivity index (χ1) is 14.2. The van der Waals surface area contributed by atoms with Crippen molar-refractivity contribution in [1.29, 1.82) is 0 Å². The average molecular weight is 451 g/mol. The van der Waals surface area contributed by atoms with Gasteiger partial charge in [-0.1, -0.05) is 17.7 Å². The van der Waals surface area contributed by atoms with E-state index >= 15 is 0 Å². The van der Waals surface area contributed by atoms with Gasteiger partial charge in [0.05, 0.1) is 6.61 Å². The highest BCUT2D eigenvalue weighted by molar-refractivity contribution is 7.87. The molecule has 1 heterocycles. The SMILES string of the molecule is CCOc1cc(C=C2C(=O)NC(=O)NC2=O)ccc1OS(=O)(=O)c1ccc(Cl)cc1. The first kappa shape index (κ1) is 21.3. The molecule has 0 spiro atoms. The summed E-state index contributed by atoms with van der Waals surface area (Å²) in [5.41, 5.74) is 0.0591. The molecular weight excluding hydrogens is 436 g/mol. The minimum absolute atomic E-state index is 0.0806. The quantitative estimate of drug-likeness (QED) is 0.392. The summed E-state index contributed by atoms with van der Waals surface area (Å²) in [5.74, 6) is -1.71. The maximum absolute atomic E-state index is 12.5. The van der Waals surface area contributed by atoms with Gasteiger partial charge in [-0.05, 0) is 55.0 Å². The van der Waals surface area contributed by atoms with Crippen LogP contribution in [0, 0.1) is 0 Å². The zero-order valence-electron chi connectivity index (χ0n) is 15.5. The van der Waals surface area contributed by atoms with E-state index in [1.807, 2.05) is 10.6 Å². The molecule has 0 atom stereocenters. The van der Waals surface area contributed by atoms with E-state index in [9.17, 15) is 22.8 Å². The molecule has 2 aromatic carbocycles. The fourth-order valence-corrected chi connectivity index (χ4v) is 3.56. The lowest BCUT2D eigenvalue weighted by Gasteiger charge is -2.15. The fraction of sp³-hybridized carbons (Fsp3) is 0.105. The van der Waals surface area contributed by atoms with Gasteiger partial charge in [-0.25, -0.2) is 4.79 Å². The van der Waals surface area contributed by atoms with Gasteiger partial charge in [-0.15, -0.1) is 0 Å². The predicted molar refractivity (Wildman–Crippen MR) is 107 cm³/mol. The summed E-state index contributed by atoms with van der Waals surface area (Å²) in [7, 11) is -4.15. The number of ether oxygens (including phenoxy) is 1. The number of barbiturate groups is 1. The Morgan fingerprint density at radius 1 is 0.967 bits per heavy atom. The van der Waals surface area contributed by atoms with Crippen LogP contribution in [-0.4, -0.2) is 32.9 Å². The van der Waals surface area contributed by atoms with Crippen LogP contribution in [0.1, 0.15) is 12.5 Å². The van der Waals surface area contributed by atoms with Crippen molar-refractivity contribution in [2.75, 3.05) is 6.61 Å². The molecule has 0 radical (unpaired) electrons. The van der Waals surface area contributed by atoms with Crippen LogP contribution in [0.5, 0.6) is 11.5 Å². The van der Waals surface area contributed by atoms with Crippen LogP contribution in [0.25, 0.3) is 6.08 Å². The smallest absolute Gasteiger partial charge is 0.339 e. The highest BCUT2D eigenvalue weighted by atomic mass is 35.5. The highest BCUT2D eigenvalue weighted by Crippen LogP contribution is 2.32. The summed E-state index contributed by atoms with van der Waals surface area (Å²) in [4.78, 5) is 34.8. The van der Waals surface area contributed by atoms with Crippen molar-refractivity contribution in [2.45, 2.75) is 11.8 Å². The van der Waals surface area contributed by atoms with Crippen LogP contribution in [0.4, 0.5) is 4.79 Å². The van der Waals surface area contributed by atoms with E-state index in [1.165, 1.54) is 48.5 Å². The van der Waals surface area contributed by atoms with Crippen LogP contribution in [0.2, 0.25) is 5.02 Å². The van der Waals surface area contributed by atoms with E-state index in [0.717, 1.165) is 0 Å². The molecule has 1 aliphatic rings. The molecule has 2 N–H and O–H groups in total. The average Bonchev–Trinajstić information content (AvgIpc) is 2.67. The van der Waals surface area contributed by atoms with Crippen LogP contribution in [-0.2, 0) is 19.7 Å². The fourth-order valence-electron chi connectivity index (χ4n) is 2.49. The third-order valence-electron chi connectivity index (χ3n) is 3.82. The standard InChI is InChI=1S/C19H15ClN2O7S/c1-2-28-16-10-11(9-14-17(23)21-19(25)22-18(14)24)3-8-15(16)29-30(26,27)13-6-4-12(20)5-7-13/h3-10H,2H2,1H3,(H2,21,22,23,24,25). The largest absolute Gasteiger partial charge is 0.490 e. The van der Waals surface area contributed by atoms with E-state index in [4.69, 9.17) is 20.5 Å². The van der Waals surface area contributed by atoms with Gasteiger partial charge < -0.3 is 8.92 Å². The minimum atomic E-state index is -4.15. The molecule has 0 bridgehead atoms. The normalized spacial score (nSPS) is 14.1. The summed E-state index contributed by atoms with van der Waals surface area (Å²) in [5, 5.41) is 4.30. The van der Waals surface area contributed by atoms with Crippen molar-refractivity contribution in [2.24, 2.45) is 0 Å². The topological polar surface area (TPSA) is 128 Å². The van der Waals surface area contributed by atoms with Crippen molar-refractivity contribution in [3.05, 3.63) is 58.6 Å².